The van der Waals surface area contributed by atoms with Gasteiger partial charge in [0.05, 0.1) is 7.11 Å². The highest BCUT2D eigenvalue weighted by molar-refractivity contribution is 5.92. The molecule has 0 saturated carbocycles. The van der Waals surface area contributed by atoms with Gasteiger partial charge in [0.2, 0.25) is 0 Å². The number of rotatable bonds is 5. The predicted molar refractivity (Wildman–Crippen MR) is 89.8 cm³/mol. The van der Waals surface area contributed by atoms with Crippen molar-refractivity contribution in [1.29, 1.82) is 0 Å². The van der Waals surface area contributed by atoms with Crippen LogP contribution in [0.1, 0.15) is 5.82 Å². The van der Waals surface area contributed by atoms with Gasteiger partial charge in [-0.25, -0.2) is 0 Å². The van der Waals surface area contributed by atoms with Crippen LogP contribution in [0.5, 0.6) is 5.75 Å². The molecule has 1 aromatic carbocycles. The Labute approximate surface area is 133 Å². The third kappa shape index (κ3) is 3.57. The first-order valence-electron chi connectivity index (χ1n) is 7.26. The molecular formula is C16H18N6O. The maximum Gasteiger partial charge on any atom is 0.193 e. The summed E-state index contributed by atoms with van der Waals surface area (Å²) in [5.41, 5.74) is 7.58. The number of anilines is 1. The number of nitrogens with one attached hydrogen (secondary N) is 1. The molecule has 7 heteroatoms. The predicted octanol–water partition coefficient (Wildman–Crippen LogP) is 1.71. The number of guanidine groups is 1. The zero-order valence-corrected chi connectivity index (χ0v) is 12.8. The maximum absolute atomic E-state index is 5.89. The molecule has 0 saturated heterocycles. The van der Waals surface area contributed by atoms with E-state index in [0.717, 1.165) is 22.9 Å². The monoisotopic (exact) mass is 310 g/mol. The molecule has 0 amide bonds. The first-order valence-corrected chi connectivity index (χ1v) is 7.26. The van der Waals surface area contributed by atoms with Crippen molar-refractivity contribution in [3.05, 3.63) is 54.5 Å². The van der Waals surface area contributed by atoms with Crippen LogP contribution in [-0.4, -0.2) is 34.2 Å². The van der Waals surface area contributed by atoms with Crippen LogP contribution >= 0.6 is 0 Å². The van der Waals surface area contributed by atoms with E-state index in [1.165, 1.54) is 0 Å². The fourth-order valence-corrected chi connectivity index (χ4v) is 2.20. The number of aromatic nitrogens is 3. The molecule has 7 nitrogen and oxygen atoms in total. The van der Waals surface area contributed by atoms with Gasteiger partial charge in [-0.2, -0.15) is 0 Å². The minimum absolute atomic E-state index is 0.365. The summed E-state index contributed by atoms with van der Waals surface area (Å²) in [4.78, 5) is 4.31. The number of hydrogen-bond acceptors (Lipinski definition) is 4. The van der Waals surface area contributed by atoms with E-state index in [1.807, 2.05) is 53.1 Å². The van der Waals surface area contributed by atoms with Crippen LogP contribution in [0.25, 0.3) is 5.65 Å². The van der Waals surface area contributed by atoms with Crippen LogP contribution in [0.4, 0.5) is 5.69 Å². The Morgan fingerprint density at radius 3 is 2.83 bits per heavy atom. The van der Waals surface area contributed by atoms with Crippen LogP contribution in [0.15, 0.2) is 53.7 Å². The molecule has 3 rings (SSSR count). The van der Waals surface area contributed by atoms with Crippen molar-refractivity contribution in [3.8, 4) is 5.75 Å². The van der Waals surface area contributed by atoms with E-state index in [1.54, 1.807) is 7.11 Å². The van der Waals surface area contributed by atoms with Crippen molar-refractivity contribution in [1.82, 2.24) is 14.6 Å². The molecule has 118 valence electrons. The highest BCUT2D eigenvalue weighted by Crippen LogP contribution is 2.14. The molecule has 2 heterocycles. The lowest BCUT2D eigenvalue weighted by Crippen LogP contribution is -2.23. The third-order valence-corrected chi connectivity index (χ3v) is 3.36. The summed E-state index contributed by atoms with van der Waals surface area (Å²) in [6, 6.07) is 13.3. The molecule has 0 bridgehead atoms. The highest BCUT2D eigenvalue weighted by Gasteiger charge is 2.03. The minimum Gasteiger partial charge on any atom is -0.497 e. The smallest absolute Gasteiger partial charge is 0.193 e. The van der Waals surface area contributed by atoms with E-state index < -0.39 is 0 Å². The Morgan fingerprint density at radius 2 is 2.04 bits per heavy atom. The summed E-state index contributed by atoms with van der Waals surface area (Å²) in [5.74, 6) is 2.02. The second kappa shape index (κ2) is 6.78. The van der Waals surface area contributed by atoms with Gasteiger partial charge in [0.15, 0.2) is 11.6 Å². The average Bonchev–Trinajstić information content (AvgIpc) is 2.99. The molecule has 3 N–H and O–H groups in total. The van der Waals surface area contributed by atoms with E-state index in [4.69, 9.17) is 10.5 Å². The number of methoxy groups -OCH3 is 1. The molecule has 0 unspecified atom stereocenters. The number of pyridine rings is 1. The molecule has 0 fully saturated rings. The molecule has 2 aromatic heterocycles. The molecular weight excluding hydrogens is 292 g/mol. The number of ether oxygens (including phenoxy) is 1. The molecule has 0 radical (unpaired) electrons. The normalized spacial score (nSPS) is 11.6. The van der Waals surface area contributed by atoms with Crippen LogP contribution in [0.3, 0.4) is 0 Å². The lowest BCUT2D eigenvalue weighted by Gasteiger charge is -2.06. The SMILES string of the molecule is COc1ccc(NC(N)=NCCc2nnc3ccccn23)cc1. The van der Waals surface area contributed by atoms with Gasteiger partial charge >= 0.3 is 0 Å². The molecule has 3 aromatic rings. The second-order valence-corrected chi connectivity index (χ2v) is 4.92. The van der Waals surface area contributed by atoms with E-state index in [2.05, 4.69) is 20.5 Å². The first kappa shape index (κ1) is 14.8. The fraction of sp³-hybridized carbons (Fsp3) is 0.188. The van der Waals surface area contributed by atoms with Crippen molar-refractivity contribution < 1.29 is 4.74 Å². The van der Waals surface area contributed by atoms with Gasteiger partial charge in [0.1, 0.15) is 11.6 Å². The van der Waals surface area contributed by atoms with E-state index >= 15 is 0 Å². The van der Waals surface area contributed by atoms with Crippen LogP contribution in [0, 0.1) is 0 Å². The van der Waals surface area contributed by atoms with E-state index in [9.17, 15) is 0 Å². The number of hydrogen-bond donors (Lipinski definition) is 2. The largest absolute Gasteiger partial charge is 0.497 e. The van der Waals surface area contributed by atoms with Crippen LogP contribution in [0.2, 0.25) is 0 Å². The van der Waals surface area contributed by atoms with Gasteiger partial charge in [-0.1, -0.05) is 6.07 Å². The van der Waals surface area contributed by atoms with E-state index in [-0.39, 0.29) is 0 Å². The Balaban J connectivity index is 1.58. The molecule has 0 atom stereocenters. The van der Waals surface area contributed by atoms with Crippen LogP contribution < -0.4 is 15.8 Å². The number of benzene rings is 1. The Morgan fingerprint density at radius 1 is 1.22 bits per heavy atom. The van der Waals surface area contributed by atoms with Crippen molar-refractivity contribution in [3.63, 3.8) is 0 Å². The zero-order chi connectivity index (χ0) is 16.1. The number of fused-ring (bicyclic) bond motifs is 1. The highest BCUT2D eigenvalue weighted by atomic mass is 16.5. The molecule has 23 heavy (non-hydrogen) atoms. The summed E-state index contributed by atoms with van der Waals surface area (Å²) in [7, 11) is 1.63. The van der Waals surface area contributed by atoms with Crippen molar-refractivity contribution in [2.45, 2.75) is 6.42 Å². The van der Waals surface area contributed by atoms with E-state index in [0.29, 0.717) is 18.9 Å². The average molecular weight is 310 g/mol. The molecule has 0 aliphatic rings. The fourth-order valence-electron chi connectivity index (χ4n) is 2.20. The minimum atomic E-state index is 0.365. The molecule has 0 aliphatic carbocycles. The standard InChI is InChI=1S/C16H18N6O/c1-23-13-7-5-12(6-8-13)19-16(17)18-10-9-15-21-20-14-4-2-3-11-22(14)15/h2-8,11H,9-10H2,1H3,(H3,17,18,19). The van der Waals surface area contributed by atoms with Crippen molar-refractivity contribution in [2.75, 3.05) is 19.0 Å². The van der Waals surface area contributed by atoms with Gasteiger partial charge < -0.3 is 15.8 Å². The molecule has 0 aliphatic heterocycles. The van der Waals surface area contributed by atoms with Gasteiger partial charge in [0, 0.05) is 24.8 Å². The first-order chi connectivity index (χ1) is 11.3. The Kier molecular flexibility index (Phi) is 4.37. The van der Waals surface area contributed by atoms with Crippen LogP contribution in [-0.2, 0) is 6.42 Å². The van der Waals surface area contributed by atoms with Crippen molar-refractivity contribution >= 4 is 17.3 Å². The maximum atomic E-state index is 5.89. The van der Waals surface area contributed by atoms with Crippen molar-refractivity contribution in [2.24, 2.45) is 10.7 Å². The summed E-state index contributed by atoms with van der Waals surface area (Å²) in [6.45, 7) is 0.532. The third-order valence-electron chi connectivity index (χ3n) is 3.36. The summed E-state index contributed by atoms with van der Waals surface area (Å²) < 4.78 is 7.06. The number of nitrogens with zero attached hydrogens (tertiary/aromatic N) is 4. The van der Waals surface area contributed by atoms with Gasteiger partial charge in [-0.05, 0) is 36.4 Å². The zero-order valence-electron chi connectivity index (χ0n) is 12.8. The second-order valence-electron chi connectivity index (χ2n) is 4.92. The Hall–Kier alpha value is -3.09. The van der Waals surface area contributed by atoms with Gasteiger partial charge in [-0.3, -0.25) is 9.39 Å². The summed E-state index contributed by atoms with van der Waals surface area (Å²) in [5, 5.41) is 11.3. The lowest BCUT2D eigenvalue weighted by atomic mass is 10.3. The lowest BCUT2D eigenvalue weighted by molar-refractivity contribution is 0.415. The summed E-state index contributed by atoms with van der Waals surface area (Å²) >= 11 is 0. The van der Waals surface area contributed by atoms with Gasteiger partial charge in [0.25, 0.3) is 0 Å². The quantitative estimate of drug-likeness (QED) is 0.553. The summed E-state index contributed by atoms with van der Waals surface area (Å²) in [6.07, 6.45) is 2.60. The molecule has 0 spiro atoms. The Bertz CT molecular complexity index is 809. The van der Waals surface area contributed by atoms with Gasteiger partial charge in [-0.15, -0.1) is 10.2 Å². The number of aliphatic imine (C=N–C) groups is 1. The number of nitrogens with two attached hydrogens (primary N) is 1. The topological polar surface area (TPSA) is 89.8 Å².